The lowest BCUT2D eigenvalue weighted by Gasteiger charge is -2.15. The van der Waals surface area contributed by atoms with E-state index in [1.807, 2.05) is 16.0 Å². The molecule has 110 valence electrons. The zero-order chi connectivity index (χ0) is 14.4. The van der Waals surface area contributed by atoms with Gasteiger partial charge in [-0.05, 0) is 25.7 Å². The summed E-state index contributed by atoms with van der Waals surface area (Å²) in [6.07, 6.45) is 7.88. The topological polar surface area (TPSA) is 77.0 Å². The van der Waals surface area contributed by atoms with Crippen LogP contribution in [0, 0.1) is 0 Å². The molecule has 2 N–H and O–H groups in total. The Labute approximate surface area is 126 Å². The van der Waals surface area contributed by atoms with Gasteiger partial charge in [0.05, 0.1) is 23.5 Å². The van der Waals surface area contributed by atoms with Crippen molar-refractivity contribution in [2.75, 3.05) is 18.0 Å². The van der Waals surface area contributed by atoms with Gasteiger partial charge in [0.1, 0.15) is 0 Å². The molecule has 6 nitrogen and oxygen atoms in total. The number of amides is 1. The molecule has 4 rings (SSSR count). The highest BCUT2D eigenvalue weighted by atomic mass is 32.1. The second-order valence-electron chi connectivity index (χ2n) is 5.68. The van der Waals surface area contributed by atoms with Gasteiger partial charge in [-0.25, -0.2) is 4.98 Å². The summed E-state index contributed by atoms with van der Waals surface area (Å²) < 4.78 is 1.86. The first-order chi connectivity index (χ1) is 10.2. The number of anilines is 1. The van der Waals surface area contributed by atoms with Crippen LogP contribution in [0.5, 0.6) is 0 Å². The Balaban J connectivity index is 1.49. The van der Waals surface area contributed by atoms with E-state index in [9.17, 15) is 4.79 Å². The largest absolute Gasteiger partial charge is 0.366 e. The summed E-state index contributed by atoms with van der Waals surface area (Å²) in [5, 5.41) is 5.41. The second kappa shape index (κ2) is 4.84. The molecule has 3 heterocycles. The van der Waals surface area contributed by atoms with E-state index >= 15 is 0 Å². The summed E-state index contributed by atoms with van der Waals surface area (Å²) in [7, 11) is 0. The molecule has 1 aliphatic carbocycles. The van der Waals surface area contributed by atoms with Gasteiger partial charge in [-0.2, -0.15) is 5.10 Å². The van der Waals surface area contributed by atoms with Crippen molar-refractivity contribution in [1.82, 2.24) is 14.8 Å². The maximum Gasteiger partial charge on any atom is 0.251 e. The molecule has 2 aliphatic rings. The Morgan fingerprint density at radius 1 is 1.43 bits per heavy atom. The number of carbonyl (C=O) groups is 1. The van der Waals surface area contributed by atoms with Crippen LogP contribution in [0.2, 0.25) is 0 Å². The molecule has 0 radical (unpaired) electrons. The number of aryl methyl sites for hydroxylation is 2. The Morgan fingerprint density at radius 2 is 2.33 bits per heavy atom. The number of rotatable bonds is 3. The lowest BCUT2D eigenvalue weighted by atomic mass is 10.3. The summed E-state index contributed by atoms with van der Waals surface area (Å²) in [6, 6.07) is 0.289. The highest BCUT2D eigenvalue weighted by Gasteiger charge is 2.28. The summed E-state index contributed by atoms with van der Waals surface area (Å²) in [5.74, 6) is -0.424. The van der Waals surface area contributed by atoms with Gasteiger partial charge in [0.25, 0.3) is 5.91 Å². The van der Waals surface area contributed by atoms with Crippen LogP contribution >= 0.6 is 11.3 Å². The number of thiazole rings is 1. The smallest absolute Gasteiger partial charge is 0.251 e. The minimum Gasteiger partial charge on any atom is -0.366 e. The number of nitrogens with two attached hydrogens (primary N) is 1. The van der Waals surface area contributed by atoms with Gasteiger partial charge in [0.15, 0.2) is 5.13 Å². The van der Waals surface area contributed by atoms with Gasteiger partial charge in [-0.3, -0.25) is 9.48 Å². The van der Waals surface area contributed by atoms with Gasteiger partial charge < -0.3 is 10.6 Å². The van der Waals surface area contributed by atoms with Crippen LogP contribution in [0.3, 0.4) is 0 Å². The van der Waals surface area contributed by atoms with Crippen molar-refractivity contribution in [3.8, 4) is 0 Å². The van der Waals surface area contributed by atoms with Crippen LogP contribution in [-0.2, 0) is 12.8 Å². The number of hydrogen-bond donors (Lipinski definition) is 1. The molecule has 1 saturated heterocycles. The van der Waals surface area contributed by atoms with Crippen LogP contribution in [0.15, 0.2) is 12.4 Å². The van der Waals surface area contributed by atoms with Gasteiger partial charge in [0.2, 0.25) is 0 Å². The van der Waals surface area contributed by atoms with Crippen molar-refractivity contribution in [1.29, 1.82) is 0 Å². The Morgan fingerprint density at radius 3 is 3.10 bits per heavy atom. The molecular formula is C14H17N5OS. The predicted molar refractivity (Wildman–Crippen MR) is 80.8 cm³/mol. The minimum absolute atomic E-state index is 0.289. The molecule has 1 fully saturated rings. The van der Waals surface area contributed by atoms with Gasteiger partial charge >= 0.3 is 0 Å². The molecule has 0 saturated carbocycles. The monoisotopic (exact) mass is 303 g/mol. The number of fused-ring (bicyclic) bond motifs is 1. The van der Waals surface area contributed by atoms with Crippen molar-refractivity contribution in [2.45, 2.75) is 31.7 Å². The SMILES string of the molecule is NC(=O)c1cnn(C2CCN(c3nc4c(s3)CCC4)C2)c1. The average molecular weight is 303 g/mol. The quantitative estimate of drug-likeness (QED) is 0.929. The third kappa shape index (κ3) is 2.21. The molecule has 7 heteroatoms. The molecule has 1 unspecified atom stereocenters. The molecule has 0 spiro atoms. The van der Waals surface area contributed by atoms with Crippen LogP contribution in [0.1, 0.15) is 39.8 Å². The van der Waals surface area contributed by atoms with E-state index in [-0.39, 0.29) is 6.04 Å². The highest BCUT2D eigenvalue weighted by Crippen LogP contribution is 2.35. The van der Waals surface area contributed by atoms with Gasteiger partial charge in [-0.1, -0.05) is 0 Å². The molecule has 1 amide bonds. The first-order valence-electron chi connectivity index (χ1n) is 7.28. The standard InChI is InChI=1S/C14H17N5OS/c15-13(20)9-6-16-19(7-9)10-4-5-18(8-10)14-17-11-2-1-3-12(11)21-14/h6-7,10H,1-5,8H2,(H2,15,20). The second-order valence-corrected chi connectivity index (χ2v) is 6.74. The zero-order valence-electron chi connectivity index (χ0n) is 11.7. The van der Waals surface area contributed by atoms with E-state index in [0.717, 1.165) is 31.1 Å². The van der Waals surface area contributed by atoms with E-state index in [1.165, 1.54) is 23.4 Å². The minimum atomic E-state index is -0.424. The van der Waals surface area contributed by atoms with Crippen molar-refractivity contribution < 1.29 is 4.79 Å². The molecule has 2 aromatic rings. The zero-order valence-corrected chi connectivity index (χ0v) is 12.5. The number of primary amides is 1. The van der Waals surface area contributed by atoms with E-state index in [4.69, 9.17) is 10.7 Å². The summed E-state index contributed by atoms with van der Waals surface area (Å²) >= 11 is 1.84. The van der Waals surface area contributed by atoms with Crippen molar-refractivity contribution in [3.05, 3.63) is 28.5 Å². The molecule has 2 aromatic heterocycles. The molecule has 1 aliphatic heterocycles. The summed E-state index contributed by atoms with van der Waals surface area (Å²) in [5.41, 5.74) is 7.05. The lowest BCUT2D eigenvalue weighted by Crippen LogP contribution is -2.21. The number of aromatic nitrogens is 3. The maximum absolute atomic E-state index is 11.1. The van der Waals surface area contributed by atoms with E-state index in [2.05, 4.69) is 10.00 Å². The molecule has 1 atom stereocenters. The van der Waals surface area contributed by atoms with Crippen LogP contribution < -0.4 is 10.6 Å². The Hall–Kier alpha value is -1.89. The van der Waals surface area contributed by atoms with Crippen LogP contribution in [-0.4, -0.2) is 33.8 Å². The summed E-state index contributed by atoms with van der Waals surface area (Å²) in [6.45, 7) is 1.88. The number of carbonyl (C=O) groups excluding carboxylic acids is 1. The first kappa shape index (κ1) is 12.8. The molecule has 0 aromatic carbocycles. The van der Waals surface area contributed by atoms with Gasteiger partial charge in [0, 0.05) is 24.2 Å². The Bertz CT molecular complexity index is 670. The highest BCUT2D eigenvalue weighted by molar-refractivity contribution is 7.15. The Kier molecular flexibility index (Phi) is 2.95. The van der Waals surface area contributed by atoms with Crippen molar-refractivity contribution in [3.63, 3.8) is 0 Å². The third-order valence-corrected chi connectivity index (χ3v) is 5.50. The van der Waals surface area contributed by atoms with Crippen molar-refractivity contribution >= 4 is 22.4 Å². The maximum atomic E-state index is 11.1. The molecule has 0 bridgehead atoms. The number of nitrogens with zero attached hydrogens (tertiary/aromatic N) is 4. The molecular weight excluding hydrogens is 286 g/mol. The third-order valence-electron chi connectivity index (χ3n) is 4.28. The normalized spacial score (nSPS) is 21.0. The summed E-state index contributed by atoms with van der Waals surface area (Å²) in [4.78, 5) is 19.7. The number of hydrogen-bond acceptors (Lipinski definition) is 5. The fraction of sp³-hybridized carbons (Fsp3) is 0.500. The first-order valence-corrected chi connectivity index (χ1v) is 8.10. The van der Waals surface area contributed by atoms with Crippen molar-refractivity contribution in [2.24, 2.45) is 5.73 Å². The fourth-order valence-electron chi connectivity index (χ4n) is 3.11. The van der Waals surface area contributed by atoms with Crippen LogP contribution in [0.25, 0.3) is 0 Å². The average Bonchev–Trinajstić information content (AvgIpc) is 3.21. The molecule has 21 heavy (non-hydrogen) atoms. The fourth-order valence-corrected chi connectivity index (χ4v) is 4.29. The van der Waals surface area contributed by atoms with E-state index < -0.39 is 5.91 Å². The lowest BCUT2D eigenvalue weighted by molar-refractivity contribution is 0.1000. The van der Waals surface area contributed by atoms with E-state index in [0.29, 0.717) is 5.56 Å². The van der Waals surface area contributed by atoms with E-state index in [1.54, 1.807) is 12.4 Å². The van der Waals surface area contributed by atoms with Gasteiger partial charge in [-0.15, -0.1) is 11.3 Å². The van der Waals surface area contributed by atoms with Crippen LogP contribution in [0.4, 0.5) is 5.13 Å². The predicted octanol–water partition coefficient (Wildman–Crippen LogP) is 1.38.